The number of carboxylic acid groups (broad SMARTS) is 1. The van der Waals surface area contributed by atoms with Crippen LogP contribution in [0, 0.1) is 11.7 Å². The molecule has 3 atom stereocenters. The fourth-order valence-corrected chi connectivity index (χ4v) is 3.29. The lowest BCUT2D eigenvalue weighted by atomic mass is 10.1. The lowest BCUT2D eigenvalue weighted by Gasteiger charge is -2.24. The van der Waals surface area contributed by atoms with Crippen LogP contribution in [0.5, 0.6) is 5.75 Å². The quantitative estimate of drug-likeness (QED) is 0.827. The number of carboxylic acids is 1. The van der Waals surface area contributed by atoms with Gasteiger partial charge in [-0.2, -0.15) is 0 Å². The van der Waals surface area contributed by atoms with Crippen molar-refractivity contribution in [2.75, 3.05) is 12.3 Å². The van der Waals surface area contributed by atoms with Crippen LogP contribution in [-0.4, -0.2) is 51.4 Å². The second kappa shape index (κ2) is 8.33. The molecule has 1 fully saturated rings. The van der Waals surface area contributed by atoms with E-state index in [1.165, 1.54) is 36.1 Å². The van der Waals surface area contributed by atoms with Crippen molar-refractivity contribution in [1.82, 2.24) is 4.90 Å². The minimum Gasteiger partial charge on any atom is -0.488 e. The van der Waals surface area contributed by atoms with Gasteiger partial charge in [-0.15, -0.1) is 0 Å². The molecule has 1 unspecified atom stereocenters. The predicted octanol–water partition coefficient (Wildman–Crippen LogP) is 2.17. The summed E-state index contributed by atoms with van der Waals surface area (Å²) in [4.78, 5) is 36.4. The van der Waals surface area contributed by atoms with E-state index >= 15 is 0 Å². The number of likely N-dealkylation sites (tertiary alicyclic amines) is 1. The van der Waals surface area contributed by atoms with Crippen molar-refractivity contribution in [3.8, 4) is 5.75 Å². The molecular weight excluding hydrogens is 349 g/mol. The van der Waals surface area contributed by atoms with Crippen molar-refractivity contribution in [1.29, 1.82) is 0 Å². The summed E-state index contributed by atoms with van der Waals surface area (Å²) in [6.45, 7) is 3.23. The highest BCUT2D eigenvalue weighted by Crippen LogP contribution is 2.26. The number of benzene rings is 1. The number of carbonyl (C=O) groups excluding carboxylic acids is 2. The molecule has 1 amide bonds. The fourth-order valence-electron chi connectivity index (χ4n) is 2.66. The molecule has 1 N–H and O–H groups in total. The molecular formula is C17H20FNO5S. The molecule has 25 heavy (non-hydrogen) atoms. The van der Waals surface area contributed by atoms with E-state index in [1.807, 2.05) is 0 Å². The highest BCUT2D eigenvalue weighted by atomic mass is 32.2. The maximum Gasteiger partial charge on any atom is 0.326 e. The number of rotatable bonds is 6. The van der Waals surface area contributed by atoms with Gasteiger partial charge in [0.05, 0.1) is 6.54 Å². The topological polar surface area (TPSA) is 83.9 Å². The van der Waals surface area contributed by atoms with Crippen molar-refractivity contribution >= 4 is 28.8 Å². The zero-order valence-corrected chi connectivity index (χ0v) is 14.8. The van der Waals surface area contributed by atoms with E-state index in [4.69, 9.17) is 4.74 Å². The second-order valence-corrected chi connectivity index (χ2v) is 7.17. The van der Waals surface area contributed by atoms with E-state index in [-0.39, 0.29) is 24.0 Å². The number of carbonyl (C=O) groups is 3. The number of halogens is 1. The molecule has 0 bridgehead atoms. The Morgan fingerprint density at radius 1 is 1.36 bits per heavy atom. The summed E-state index contributed by atoms with van der Waals surface area (Å²) in [7, 11) is 0. The number of hydrogen-bond acceptors (Lipinski definition) is 5. The monoisotopic (exact) mass is 369 g/mol. The third kappa shape index (κ3) is 5.19. The van der Waals surface area contributed by atoms with Gasteiger partial charge in [-0.05, 0) is 24.3 Å². The Morgan fingerprint density at radius 3 is 2.56 bits per heavy atom. The van der Waals surface area contributed by atoms with Crippen LogP contribution in [0.25, 0.3) is 0 Å². The summed E-state index contributed by atoms with van der Waals surface area (Å²) in [5.41, 5.74) is 0. The zero-order valence-electron chi connectivity index (χ0n) is 14.0. The highest BCUT2D eigenvalue weighted by molar-refractivity contribution is 8.13. The van der Waals surface area contributed by atoms with Gasteiger partial charge in [0.25, 0.3) is 0 Å². The number of aliphatic carboxylic acids is 1. The van der Waals surface area contributed by atoms with Crippen molar-refractivity contribution in [3.63, 3.8) is 0 Å². The van der Waals surface area contributed by atoms with Crippen LogP contribution in [0.4, 0.5) is 4.39 Å². The summed E-state index contributed by atoms with van der Waals surface area (Å²) < 4.78 is 18.6. The Morgan fingerprint density at radius 2 is 2.00 bits per heavy atom. The van der Waals surface area contributed by atoms with E-state index < -0.39 is 29.9 Å². The third-order valence-electron chi connectivity index (χ3n) is 3.91. The number of ether oxygens (including phenoxy) is 1. The molecule has 1 aliphatic rings. The Balaban J connectivity index is 2.03. The van der Waals surface area contributed by atoms with Gasteiger partial charge in [0.15, 0.2) is 5.12 Å². The van der Waals surface area contributed by atoms with E-state index in [0.717, 1.165) is 11.8 Å². The number of amides is 1. The average Bonchev–Trinajstić information content (AvgIpc) is 2.98. The first-order valence-corrected chi connectivity index (χ1v) is 8.85. The van der Waals surface area contributed by atoms with Gasteiger partial charge >= 0.3 is 5.97 Å². The van der Waals surface area contributed by atoms with Gasteiger partial charge in [0.1, 0.15) is 23.7 Å². The molecule has 0 aliphatic carbocycles. The Labute approximate surface area is 149 Å². The van der Waals surface area contributed by atoms with Crippen molar-refractivity contribution < 1.29 is 28.6 Å². The lowest BCUT2D eigenvalue weighted by Crippen LogP contribution is -2.43. The first-order valence-electron chi connectivity index (χ1n) is 7.86. The summed E-state index contributed by atoms with van der Waals surface area (Å²) in [5, 5.41) is 9.30. The van der Waals surface area contributed by atoms with Crippen molar-refractivity contribution in [3.05, 3.63) is 30.1 Å². The molecule has 0 spiro atoms. The summed E-state index contributed by atoms with van der Waals surface area (Å²) in [5.74, 6) is -1.54. The Kier molecular flexibility index (Phi) is 6.41. The van der Waals surface area contributed by atoms with E-state index in [0.29, 0.717) is 11.5 Å². The van der Waals surface area contributed by atoms with E-state index in [9.17, 15) is 23.9 Å². The molecule has 1 saturated heterocycles. The zero-order chi connectivity index (χ0) is 18.6. The fraction of sp³-hybridized carbons (Fsp3) is 0.471. The molecule has 136 valence electrons. The van der Waals surface area contributed by atoms with Crippen LogP contribution in [0.1, 0.15) is 20.3 Å². The van der Waals surface area contributed by atoms with Crippen LogP contribution in [0.2, 0.25) is 0 Å². The summed E-state index contributed by atoms with van der Waals surface area (Å²) in [6.07, 6.45) is -0.325. The van der Waals surface area contributed by atoms with Gasteiger partial charge in [-0.1, -0.05) is 18.7 Å². The molecule has 1 heterocycles. The van der Waals surface area contributed by atoms with Gasteiger partial charge in [-0.25, -0.2) is 9.18 Å². The van der Waals surface area contributed by atoms with Crippen molar-refractivity contribution in [2.24, 2.45) is 5.92 Å². The van der Waals surface area contributed by atoms with Gasteiger partial charge in [0, 0.05) is 25.0 Å². The van der Waals surface area contributed by atoms with Crippen LogP contribution < -0.4 is 4.74 Å². The van der Waals surface area contributed by atoms with Gasteiger partial charge < -0.3 is 14.7 Å². The number of hydrogen-bond donors (Lipinski definition) is 1. The molecule has 2 rings (SSSR count). The molecule has 8 heteroatoms. The van der Waals surface area contributed by atoms with Gasteiger partial charge in [0.2, 0.25) is 5.91 Å². The van der Waals surface area contributed by atoms with Gasteiger partial charge in [-0.3, -0.25) is 9.59 Å². The molecule has 0 aromatic heterocycles. The first kappa shape index (κ1) is 19.2. The average molecular weight is 369 g/mol. The Bertz CT molecular complexity index is 651. The lowest BCUT2D eigenvalue weighted by molar-refractivity contribution is -0.149. The van der Waals surface area contributed by atoms with Crippen LogP contribution in [0.3, 0.4) is 0 Å². The van der Waals surface area contributed by atoms with Crippen LogP contribution in [-0.2, 0) is 14.4 Å². The normalized spacial score (nSPS) is 21.0. The molecule has 6 nitrogen and oxygen atoms in total. The minimum atomic E-state index is -1.09. The second-order valence-electron chi connectivity index (χ2n) is 5.98. The largest absolute Gasteiger partial charge is 0.488 e. The maximum absolute atomic E-state index is 12.9. The first-order chi connectivity index (χ1) is 11.8. The predicted molar refractivity (Wildman–Crippen MR) is 90.9 cm³/mol. The minimum absolute atomic E-state index is 0.0895. The summed E-state index contributed by atoms with van der Waals surface area (Å²) >= 11 is 1.04. The smallest absolute Gasteiger partial charge is 0.326 e. The summed E-state index contributed by atoms with van der Waals surface area (Å²) in [6, 6.07) is 4.46. The van der Waals surface area contributed by atoms with Crippen molar-refractivity contribution in [2.45, 2.75) is 32.4 Å². The number of nitrogens with zero attached hydrogens (tertiary/aromatic N) is 1. The number of thioether (sulfide) groups is 1. The SMILES string of the molecule is CC(=O)SCC(C)C(=O)N1C[C@@H](Oc2ccc(F)cc2)C[C@H]1C(=O)O. The molecule has 0 saturated carbocycles. The molecule has 1 aromatic carbocycles. The van der Waals surface area contributed by atoms with E-state index in [1.54, 1.807) is 6.92 Å². The highest BCUT2D eigenvalue weighted by Gasteiger charge is 2.42. The Hall–Kier alpha value is -2.09. The maximum atomic E-state index is 12.9. The third-order valence-corrected chi connectivity index (χ3v) is 4.98. The van der Waals surface area contributed by atoms with E-state index in [2.05, 4.69) is 0 Å². The standard InChI is InChI=1S/C17H20FNO5S/c1-10(9-25-11(2)20)16(21)19-8-14(7-15(19)17(22)23)24-13-5-3-12(18)4-6-13/h3-6,10,14-15H,7-9H2,1-2H3,(H,22,23)/t10?,14-,15-/m0/s1. The molecule has 0 radical (unpaired) electrons. The molecule has 1 aromatic rings. The molecule has 1 aliphatic heterocycles. The van der Waals surface area contributed by atoms with Crippen LogP contribution >= 0.6 is 11.8 Å². The van der Waals surface area contributed by atoms with Crippen LogP contribution in [0.15, 0.2) is 24.3 Å².